The quantitative estimate of drug-likeness (QED) is 0.555. The highest BCUT2D eigenvalue weighted by Crippen LogP contribution is 2.47. The van der Waals surface area contributed by atoms with E-state index in [0.717, 1.165) is 6.42 Å². The maximum absolute atomic E-state index is 12.5. The lowest BCUT2D eigenvalue weighted by Gasteiger charge is -2.09. The van der Waals surface area contributed by atoms with Crippen LogP contribution in [0.5, 0.6) is 0 Å². The molecule has 1 fully saturated rings. The summed E-state index contributed by atoms with van der Waals surface area (Å²) < 4.78 is 32.3. The van der Waals surface area contributed by atoms with Crippen LogP contribution in [0.4, 0.5) is 5.69 Å². The molecule has 1 heterocycles. The van der Waals surface area contributed by atoms with Crippen molar-refractivity contribution < 1.29 is 17.6 Å². The van der Waals surface area contributed by atoms with E-state index in [0.29, 0.717) is 28.6 Å². The lowest BCUT2D eigenvalue weighted by molar-refractivity contribution is -0.122. The number of rotatable bonds is 8. The molecule has 1 amide bonds. The van der Waals surface area contributed by atoms with Gasteiger partial charge in [-0.25, -0.2) is 13.4 Å². The number of benzene rings is 2. The van der Waals surface area contributed by atoms with Crippen LogP contribution in [0.1, 0.15) is 36.3 Å². The van der Waals surface area contributed by atoms with Gasteiger partial charge < -0.3 is 9.73 Å². The Morgan fingerprint density at radius 3 is 2.58 bits per heavy atom. The molecule has 1 aliphatic carbocycles. The summed E-state index contributed by atoms with van der Waals surface area (Å²) in [6.45, 7) is 3.61. The van der Waals surface area contributed by atoms with Crippen LogP contribution < -0.4 is 10.0 Å². The Morgan fingerprint density at radius 2 is 1.84 bits per heavy atom. The van der Waals surface area contributed by atoms with Gasteiger partial charge in [-0.3, -0.25) is 9.52 Å². The van der Waals surface area contributed by atoms with E-state index in [-0.39, 0.29) is 30.0 Å². The number of sulfonamides is 1. The molecule has 0 spiro atoms. The number of aromatic nitrogens is 1. The van der Waals surface area contributed by atoms with Crippen molar-refractivity contribution in [2.75, 3.05) is 10.5 Å². The Balaban J connectivity index is 1.44. The van der Waals surface area contributed by atoms with Crippen molar-refractivity contribution in [2.45, 2.75) is 32.7 Å². The van der Waals surface area contributed by atoms with Crippen LogP contribution in [0.3, 0.4) is 0 Å². The molecule has 1 aliphatic rings. The van der Waals surface area contributed by atoms with Crippen molar-refractivity contribution in [2.24, 2.45) is 5.92 Å². The Labute approximate surface area is 181 Å². The summed E-state index contributed by atoms with van der Waals surface area (Å²) in [6, 6.07) is 17.0. The molecule has 4 rings (SSSR count). The Kier molecular flexibility index (Phi) is 5.82. The number of aryl methyl sites for hydroxylation is 1. The van der Waals surface area contributed by atoms with Gasteiger partial charge in [0, 0.05) is 5.92 Å². The predicted octanol–water partition coefficient (Wildman–Crippen LogP) is 3.83. The largest absolute Gasteiger partial charge is 0.441 e. The molecule has 0 aliphatic heterocycles. The third kappa shape index (κ3) is 4.80. The molecule has 8 heteroatoms. The van der Waals surface area contributed by atoms with Gasteiger partial charge in [-0.15, -0.1) is 0 Å². The number of hydrogen-bond donors (Lipinski definition) is 2. The van der Waals surface area contributed by atoms with Crippen molar-refractivity contribution in [3.63, 3.8) is 0 Å². The number of nitrogens with zero attached hydrogens (tertiary/aromatic N) is 1. The first kappa shape index (κ1) is 21.1. The average molecular weight is 440 g/mol. The topological polar surface area (TPSA) is 101 Å². The Bertz CT molecular complexity index is 1190. The van der Waals surface area contributed by atoms with Gasteiger partial charge in [0.15, 0.2) is 0 Å². The monoisotopic (exact) mass is 439 g/mol. The van der Waals surface area contributed by atoms with Crippen LogP contribution in [-0.4, -0.2) is 25.1 Å². The summed E-state index contributed by atoms with van der Waals surface area (Å²) >= 11 is 0. The molecule has 31 heavy (non-hydrogen) atoms. The van der Waals surface area contributed by atoms with Gasteiger partial charge in [-0.2, -0.15) is 0 Å². The average Bonchev–Trinajstić information content (AvgIpc) is 3.49. The van der Waals surface area contributed by atoms with Crippen LogP contribution in [0, 0.1) is 12.8 Å². The van der Waals surface area contributed by atoms with Crippen LogP contribution in [-0.2, 0) is 21.4 Å². The fraction of sp³-hybridized carbons (Fsp3) is 0.304. The predicted molar refractivity (Wildman–Crippen MR) is 119 cm³/mol. The van der Waals surface area contributed by atoms with E-state index < -0.39 is 10.0 Å². The van der Waals surface area contributed by atoms with Gasteiger partial charge in [0.2, 0.25) is 21.8 Å². The second-order valence-corrected chi connectivity index (χ2v) is 9.66. The zero-order valence-electron chi connectivity index (χ0n) is 17.5. The van der Waals surface area contributed by atoms with Crippen LogP contribution in [0.2, 0.25) is 0 Å². The number of para-hydroxylation sites is 1. The molecule has 162 valence electrons. The minimum Gasteiger partial charge on any atom is -0.441 e. The Morgan fingerprint density at radius 1 is 1.13 bits per heavy atom. The summed E-state index contributed by atoms with van der Waals surface area (Å²) in [5.74, 6) is 1.12. The van der Waals surface area contributed by atoms with Gasteiger partial charge in [-0.1, -0.05) is 42.5 Å². The van der Waals surface area contributed by atoms with Gasteiger partial charge >= 0.3 is 0 Å². The number of oxazole rings is 1. The third-order valence-corrected chi connectivity index (χ3v) is 6.77. The van der Waals surface area contributed by atoms with Gasteiger partial charge in [-0.05, 0) is 43.9 Å². The molecular weight excluding hydrogens is 414 g/mol. The maximum Gasteiger partial charge on any atom is 0.232 e. The van der Waals surface area contributed by atoms with Crippen molar-refractivity contribution in [1.82, 2.24) is 10.3 Å². The molecular formula is C23H25N3O4S. The standard InChI is InChI=1S/C23H25N3O4S/c1-3-31(28,29)26-20-12-8-7-11-17(20)23-25-21(15(2)30-23)14-24-22(27)19-13-18(19)16-9-5-4-6-10-16/h4-12,18-19,26H,3,13-14H2,1-2H3,(H,24,27)/t18-,19+/m0/s1. The van der Waals surface area contributed by atoms with Gasteiger partial charge in [0.1, 0.15) is 11.5 Å². The SMILES string of the molecule is CCS(=O)(=O)Nc1ccccc1-c1nc(CNC(=O)[C@@H]2C[C@H]2c2ccccc2)c(C)o1. The van der Waals surface area contributed by atoms with E-state index in [1.54, 1.807) is 38.1 Å². The second kappa shape index (κ2) is 8.55. The first-order valence-electron chi connectivity index (χ1n) is 10.3. The summed E-state index contributed by atoms with van der Waals surface area (Å²) in [5.41, 5.74) is 2.76. The van der Waals surface area contributed by atoms with Crippen molar-refractivity contribution >= 4 is 21.6 Å². The second-order valence-electron chi connectivity index (χ2n) is 7.65. The van der Waals surface area contributed by atoms with Crippen molar-refractivity contribution in [1.29, 1.82) is 0 Å². The van der Waals surface area contributed by atoms with E-state index in [9.17, 15) is 13.2 Å². The highest BCUT2D eigenvalue weighted by molar-refractivity contribution is 7.92. The molecule has 0 unspecified atom stereocenters. The van der Waals surface area contributed by atoms with Gasteiger partial charge in [0.25, 0.3) is 0 Å². The van der Waals surface area contributed by atoms with Crippen LogP contribution >= 0.6 is 0 Å². The molecule has 3 aromatic rings. The number of carbonyl (C=O) groups is 1. The van der Waals surface area contributed by atoms with Crippen LogP contribution in [0.25, 0.3) is 11.5 Å². The lowest BCUT2D eigenvalue weighted by atomic mass is 10.1. The molecule has 1 aromatic heterocycles. The third-order valence-electron chi connectivity index (χ3n) is 5.48. The number of carbonyl (C=O) groups excluding carboxylic acids is 1. The highest BCUT2D eigenvalue weighted by Gasteiger charge is 2.43. The first-order chi connectivity index (χ1) is 14.9. The minimum atomic E-state index is -3.44. The summed E-state index contributed by atoms with van der Waals surface area (Å²) in [6.07, 6.45) is 0.851. The molecule has 1 saturated carbocycles. The molecule has 0 bridgehead atoms. The zero-order valence-corrected chi connectivity index (χ0v) is 18.3. The van der Waals surface area contributed by atoms with Crippen molar-refractivity contribution in [3.05, 3.63) is 71.6 Å². The van der Waals surface area contributed by atoms with Crippen LogP contribution in [0.15, 0.2) is 59.0 Å². The zero-order chi connectivity index (χ0) is 22.0. The molecule has 2 aromatic carbocycles. The van der Waals surface area contributed by atoms with Crippen molar-refractivity contribution in [3.8, 4) is 11.5 Å². The highest BCUT2D eigenvalue weighted by atomic mass is 32.2. The molecule has 7 nitrogen and oxygen atoms in total. The summed E-state index contributed by atoms with van der Waals surface area (Å²) in [7, 11) is -3.44. The van der Waals surface area contributed by atoms with E-state index >= 15 is 0 Å². The fourth-order valence-electron chi connectivity index (χ4n) is 3.56. The number of anilines is 1. The Hall–Kier alpha value is -3.13. The van der Waals surface area contributed by atoms with E-state index in [1.165, 1.54) is 5.56 Å². The smallest absolute Gasteiger partial charge is 0.232 e. The first-order valence-corrected chi connectivity index (χ1v) is 11.9. The molecule has 2 N–H and O–H groups in total. The van der Waals surface area contributed by atoms with E-state index in [2.05, 4.69) is 27.2 Å². The van der Waals surface area contributed by atoms with Gasteiger partial charge in [0.05, 0.1) is 23.5 Å². The van der Waals surface area contributed by atoms with E-state index in [1.807, 2.05) is 18.2 Å². The number of amides is 1. The summed E-state index contributed by atoms with van der Waals surface area (Å²) in [5, 5.41) is 2.96. The molecule has 0 saturated heterocycles. The minimum absolute atomic E-state index is 0.00825. The fourth-order valence-corrected chi connectivity index (χ4v) is 4.22. The van der Waals surface area contributed by atoms with E-state index in [4.69, 9.17) is 4.42 Å². The number of nitrogens with one attached hydrogen (secondary N) is 2. The normalized spacial score (nSPS) is 17.9. The molecule has 2 atom stereocenters. The summed E-state index contributed by atoms with van der Waals surface area (Å²) in [4.78, 5) is 17.1. The molecule has 0 radical (unpaired) electrons. The maximum atomic E-state index is 12.5. The lowest BCUT2D eigenvalue weighted by Crippen LogP contribution is -2.25. The number of hydrogen-bond acceptors (Lipinski definition) is 5.